The molecule has 1 unspecified atom stereocenters. The van der Waals surface area contributed by atoms with Gasteiger partial charge in [0.15, 0.2) is 0 Å². The number of nitriles is 1. The number of carbonyl (C=O) groups is 1. The van der Waals surface area contributed by atoms with Crippen LogP contribution in [0.2, 0.25) is 0 Å². The molecule has 1 heterocycles. The molecule has 88 valence electrons. The molecule has 0 saturated carbocycles. The molecule has 2 N–H and O–H groups in total. The molecule has 2 rings (SSSR count). The van der Waals surface area contributed by atoms with Gasteiger partial charge >= 0.3 is 0 Å². The average molecular weight is 233 g/mol. The molecule has 0 aliphatic carbocycles. The number of rotatable bonds is 1. The van der Waals surface area contributed by atoms with Gasteiger partial charge in [-0.25, -0.2) is 4.39 Å². The topological polar surface area (TPSA) is 70.1 Å². The maximum atomic E-state index is 13.7. The predicted molar refractivity (Wildman–Crippen MR) is 60.7 cm³/mol. The second kappa shape index (κ2) is 4.52. The van der Waals surface area contributed by atoms with Crippen molar-refractivity contribution in [1.82, 2.24) is 0 Å². The minimum absolute atomic E-state index is 0.198. The van der Waals surface area contributed by atoms with E-state index in [-0.39, 0.29) is 17.2 Å². The van der Waals surface area contributed by atoms with Gasteiger partial charge in [-0.05, 0) is 31.0 Å². The number of hydrogen-bond acceptors (Lipinski definition) is 3. The van der Waals surface area contributed by atoms with E-state index in [1.165, 1.54) is 17.0 Å². The number of halogens is 1. The molecule has 0 bridgehead atoms. The van der Waals surface area contributed by atoms with Gasteiger partial charge in [-0.1, -0.05) is 0 Å². The van der Waals surface area contributed by atoms with Crippen LogP contribution in [0.3, 0.4) is 0 Å². The summed E-state index contributed by atoms with van der Waals surface area (Å²) in [7, 11) is 0. The van der Waals surface area contributed by atoms with Crippen LogP contribution in [0.25, 0.3) is 0 Å². The lowest BCUT2D eigenvalue weighted by Crippen LogP contribution is -2.48. The first-order valence-electron chi connectivity index (χ1n) is 5.40. The van der Waals surface area contributed by atoms with Crippen molar-refractivity contribution in [2.24, 2.45) is 5.73 Å². The Labute approximate surface area is 98.4 Å². The predicted octanol–water partition coefficient (Wildman–Crippen LogP) is 1.15. The zero-order chi connectivity index (χ0) is 12.4. The van der Waals surface area contributed by atoms with E-state index in [1.54, 1.807) is 0 Å². The molecule has 0 spiro atoms. The third-order valence-electron chi connectivity index (χ3n) is 2.85. The molecule has 1 aromatic carbocycles. The summed E-state index contributed by atoms with van der Waals surface area (Å²) < 4.78 is 13.7. The lowest BCUT2D eigenvalue weighted by atomic mass is 10.0. The van der Waals surface area contributed by atoms with Gasteiger partial charge in [0.25, 0.3) is 0 Å². The number of amides is 1. The normalized spacial score (nSPS) is 20.2. The summed E-state index contributed by atoms with van der Waals surface area (Å²) >= 11 is 0. The molecule has 1 amide bonds. The quantitative estimate of drug-likeness (QED) is 0.791. The Kier molecular flexibility index (Phi) is 3.07. The Balaban J connectivity index is 2.34. The van der Waals surface area contributed by atoms with E-state index in [1.807, 2.05) is 6.07 Å². The molecule has 1 saturated heterocycles. The molecule has 0 radical (unpaired) electrons. The van der Waals surface area contributed by atoms with Crippen LogP contribution in [0.15, 0.2) is 18.2 Å². The molecular weight excluding hydrogens is 221 g/mol. The molecule has 1 aromatic rings. The van der Waals surface area contributed by atoms with Crippen molar-refractivity contribution in [3.8, 4) is 6.07 Å². The summed E-state index contributed by atoms with van der Waals surface area (Å²) in [5.41, 5.74) is 6.08. The molecule has 5 heteroatoms. The van der Waals surface area contributed by atoms with Crippen molar-refractivity contribution in [3.05, 3.63) is 29.6 Å². The number of hydrogen-bond donors (Lipinski definition) is 1. The summed E-state index contributed by atoms with van der Waals surface area (Å²) in [6.45, 7) is 0.468. The van der Waals surface area contributed by atoms with Crippen molar-refractivity contribution in [3.63, 3.8) is 0 Å². The second-order valence-corrected chi connectivity index (χ2v) is 4.02. The van der Waals surface area contributed by atoms with Crippen molar-refractivity contribution >= 4 is 11.6 Å². The zero-order valence-corrected chi connectivity index (χ0v) is 9.19. The first-order valence-corrected chi connectivity index (χ1v) is 5.40. The number of nitrogens with two attached hydrogens (primary N) is 1. The standard InChI is InChI=1S/C12H12FN3O/c13-9-6-8(7-14)3-4-11(9)16-5-1-2-10(15)12(16)17/h3-4,6,10H,1-2,5,15H2. The molecule has 4 nitrogen and oxygen atoms in total. The molecular formula is C12H12FN3O. The molecule has 17 heavy (non-hydrogen) atoms. The fourth-order valence-corrected chi connectivity index (χ4v) is 1.94. The van der Waals surface area contributed by atoms with Crippen LogP contribution in [0.5, 0.6) is 0 Å². The van der Waals surface area contributed by atoms with Crippen LogP contribution in [-0.2, 0) is 4.79 Å². The zero-order valence-electron chi connectivity index (χ0n) is 9.19. The minimum Gasteiger partial charge on any atom is -0.320 e. The Bertz CT molecular complexity index is 495. The number of carbonyl (C=O) groups excluding carboxylic acids is 1. The number of piperidine rings is 1. The largest absolute Gasteiger partial charge is 0.320 e. The molecule has 1 fully saturated rings. The Morgan fingerprint density at radius 1 is 1.53 bits per heavy atom. The first kappa shape index (κ1) is 11.6. The molecule has 1 aliphatic heterocycles. The maximum absolute atomic E-state index is 13.7. The summed E-state index contributed by atoms with van der Waals surface area (Å²) in [5, 5.41) is 8.64. The van der Waals surface area contributed by atoms with Gasteiger partial charge in [-0.2, -0.15) is 5.26 Å². The van der Waals surface area contributed by atoms with E-state index >= 15 is 0 Å². The summed E-state index contributed by atoms with van der Waals surface area (Å²) in [6, 6.07) is 5.36. The minimum atomic E-state index is -0.563. The highest BCUT2D eigenvalue weighted by Gasteiger charge is 2.28. The summed E-state index contributed by atoms with van der Waals surface area (Å²) in [4.78, 5) is 13.2. The van der Waals surface area contributed by atoms with Crippen LogP contribution < -0.4 is 10.6 Å². The fraction of sp³-hybridized carbons (Fsp3) is 0.333. The third-order valence-corrected chi connectivity index (χ3v) is 2.85. The van der Waals surface area contributed by atoms with Gasteiger partial charge in [0.1, 0.15) is 5.82 Å². The van der Waals surface area contributed by atoms with Gasteiger partial charge in [-0.15, -0.1) is 0 Å². The highest BCUT2D eigenvalue weighted by molar-refractivity contribution is 5.97. The van der Waals surface area contributed by atoms with Gasteiger partial charge in [0, 0.05) is 6.54 Å². The van der Waals surface area contributed by atoms with Crippen molar-refractivity contribution in [1.29, 1.82) is 5.26 Å². The monoisotopic (exact) mass is 233 g/mol. The maximum Gasteiger partial charge on any atom is 0.243 e. The first-order chi connectivity index (χ1) is 8.13. The van der Waals surface area contributed by atoms with Gasteiger partial charge in [0.05, 0.1) is 23.4 Å². The number of nitrogens with zero attached hydrogens (tertiary/aromatic N) is 2. The van der Waals surface area contributed by atoms with E-state index in [0.29, 0.717) is 13.0 Å². The van der Waals surface area contributed by atoms with E-state index < -0.39 is 11.9 Å². The van der Waals surface area contributed by atoms with E-state index in [2.05, 4.69) is 0 Å². The SMILES string of the molecule is N#Cc1ccc(N2CCCC(N)C2=O)c(F)c1. The van der Waals surface area contributed by atoms with Crippen LogP contribution in [0.1, 0.15) is 18.4 Å². The molecule has 1 atom stereocenters. The highest BCUT2D eigenvalue weighted by atomic mass is 19.1. The third kappa shape index (κ3) is 2.12. The molecule has 0 aromatic heterocycles. The smallest absolute Gasteiger partial charge is 0.243 e. The van der Waals surface area contributed by atoms with E-state index in [4.69, 9.17) is 11.0 Å². The summed E-state index contributed by atoms with van der Waals surface area (Å²) in [5.74, 6) is -0.827. The lowest BCUT2D eigenvalue weighted by molar-refractivity contribution is -0.120. The van der Waals surface area contributed by atoms with E-state index in [0.717, 1.165) is 12.5 Å². The Morgan fingerprint density at radius 2 is 2.29 bits per heavy atom. The lowest BCUT2D eigenvalue weighted by Gasteiger charge is -2.30. The number of benzene rings is 1. The average Bonchev–Trinajstić information content (AvgIpc) is 2.33. The van der Waals surface area contributed by atoms with Crippen LogP contribution >= 0.6 is 0 Å². The van der Waals surface area contributed by atoms with Crippen molar-refractivity contribution in [2.45, 2.75) is 18.9 Å². The highest BCUT2D eigenvalue weighted by Crippen LogP contribution is 2.24. The van der Waals surface area contributed by atoms with Crippen molar-refractivity contribution in [2.75, 3.05) is 11.4 Å². The molecule has 1 aliphatic rings. The van der Waals surface area contributed by atoms with Crippen LogP contribution in [-0.4, -0.2) is 18.5 Å². The Morgan fingerprint density at radius 3 is 2.94 bits per heavy atom. The fourth-order valence-electron chi connectivity index (χ4n) is 1.94. The van der Waals surface area contributed by atoms with E-state index in [9.17, 15) is 9.18 Å². The van der Waals surface area contributed by atoms with Crippen molar-refractivity contribution < 1.29 is 9.18 Å². The van der Waals surface area contributed by atoms with Crippen LogP contribution in [0, 0.1) is 17.1 Å². The Hall–Kier alpha value is -1.93. The second-order valence-electron chi connectivity index (χ2n) is 4.02. The number of anilines is 1. The van der Waals surface area contributed by atoms with Gasteiger partial charge < -0.3 is 10.6 Å². The summed E-state index contributed by atoms with van der Waals surface area (Å²) in [6.07, 6.45) is 1.39. The van der Waals surface area contributed by atoms with Crippen LogP contribution in [0.4, 0.5) is 10.1 Å². The van der Waals surface area contributed by atoms with Gasteiger partial charge in [0.2, 0.25) is 5.91 Å². The van der Waals surface area contributed by atoms with Gasteiger partial charge in [-0.3, -0.25) is 4.79 Å².